The van der Waals surface area contributed by atoms with Gasteiger partial charge in [-0.15, -0.1) is 11.3 Å². The maximum absolute atomic E-state index is 6.18. The van der Waals surface area contributed by atoms with Crippen LogP contribution in [0, 0.1) is 5.92 Å². The van der Waals surface area contributed by atoms with E-state index in [1.165, 1.54) is 22.9 Å². The van der Waals surface area contributed by atoms with Crippen LogP contribution >= 0.6 is 11.3 Å². The second-order valence-corrected chi connectivity index (χ2v) is 6.72. The monoisotopic (exact) mass is 283 g/mol. The topological polar surface area (TPSA) is 43.8 Å². The van der Waals surface area contributed by atoms with E-state index < -0.39 is 0 Å². The molecule has 1 saturated carbocycles. The predicted octanol–water partition coefficient (Wildman–Crippen LogP) is 4.32. The Morgan fingerprint density at radius 1 is 1.35 bits per heavy atom. The van der Waals surface area contributed by atoms with Gasteiger partial charge in [0.2, 0.25) is 0 Å². The second kappa shape index (κ2) is 4.35. The molecule has 0 radical (unpaired) electrons. The van der Waals surface area contributed by atoms with Crippen molar-refractivity contribution in [3.63, 3.8) is 0 Å². The van der Waals surface area contributed by atoms with Crippen molar-refractivity contribution in [2.75, 3.05) is 5.73 Å². The van der Waals surface area contributed by atoms with Crippen molar-refractivity contribution in [3.8, 4) is 10.6 Å². The van der Waals surface area contributed by atoms with Crippen LogP contribution in [0.25, 0.3) is 20.7 Å². The van der Waals surface area contributed by atoms with Gasteiger partial charge in [-0.3, -0.25) is 4.68 Å². The van der Waals surface area contributed by atoms with E-state index in [0.717, 1.165) is 22.2 Å². The van der Waals surface area contributed by atoms with Crippen LogP contribution in [0.1, 0.15) is 25.8 Å². The molecule has 2 N–H and O–H groups in total. The summed E-state index contributed by atoms with van der Waals surface area (Å²) in [7, 11) is 0. The highest BCUT2D eigenvalue weighted by Gasteiger charge is 2.30. The zero-order chi connectivity index (χ0) is 13.7. The van der Waals surface area contributed by atoms with E-state index in [-0.39, 0.29) is 0 Å². The van der Waals surface area contributed by atoms with Crippen molar-refractivity contribution in [2.45, 2.75) is 25.8 Å². The lowest BCUT2D eigenvalue weighted by Gasteiger charge is -2.09. The van der Waals surface area contributed by atoms with Crippen LogP contribution in [-0.2, 0) is 0 Å². The van der Waals surface area contributed by atoms with Gasteiger partial charge in [0, 0.05) is 10.9 Å². The lowest BCUT2D eigenvalue weighted by atomic mass is 10.2. The molecule has 0 aliphatic heterocycles. The molecule has 3 nitrogen and oxygen atoms in total. The highest BCUT2D eigenvalue weighted by molar-refractivity contribution is 7.22. The number of hydrogen-bond acceptors (Lipinski definition) is 3. The molecular weight excluding hydrogens is 266 g/mol. The van der Waals surface area contributed by atoms with Gasteiger partial charge in [0.15, 0.2) is 0 Å². The molecule has 4 rings (SSSR count). The first-order valence-electron chi connectivity index (χ1n) is 7.06. The average molecular weight is 283 g/mol. The number of nitrogen functional groups attached to an aromatic ring is 1. The summed E-state index contributed by atoms with van der Waals surface area (Å²) in [4.78, 5) is 1.16. The number of hydrogen-bond donors (Lipinski definition) is 1. The van der Waals surface area contributed by atoms with Gasteiger partial charge >= 0.3 is 0 Å². The van der Waals surface area contributed by atoms with Crippen LogP contribution in [-0.4, -0.2) is 9.78 Å². The van der Waals surface area contributed by atoms with Gasteiger partial charge in [0.05, 0.1) is 16.6 Å². The molecule has 2 aromatic heterocycles. The molecule has 1 unspecified atom stereocenters. The number of fused-ring (bicyclic) bond motifs is 1. The van der Waals surface area contributed by atoms with Gasteiger partial charge in [0.1, 0.15) is 5.69 Å². The fourth-order valence-corrected chi connectivity index (χ4v) is 3.77. The Kier molecular flexibility index (Phi) is 2.60. The third-order valence-corrected chi connectivity index (χ3v) is 5.26. The van der Waals surface area contributed by atoms with Crippen molar-refractivity contribution in [2.24, 2.45) is 5.92 Å². The minimum atomic E-state index is 0.459. The lowest BCUT2D eigenvalue weighted by molar-refractivity contribution is 0.441. The number of aromatic nitrogens is 2. The Morgan fingerprint density at radius 2 is 2.15 bits per heavy atom. The van der Waals surface area contributed by atoms with Crippen LogP contribution in [0.3, 0.4) is 0 Å². The number of nitrogens with two attached hydrogens (primary N) is 1. The summed E-state index contributed by atoms with van der Waals surface area (Å²) >= 11 is 1.76. The lowest BCUT2D eigenvalue weighted by Crippen LogP contribution is -2.07. The summed E-state index contributed by atoms with van der Waals surface area (Å²) < 4.78 is 3.33. The van der Waals surface area contributed by atoms with Crippen LogP contribution in [0.15, 0.2) is 36.5 Å². The zero-order valence-corrected chi connectivity index (χ0v) is 12.2. The summed E-state index contributed by atoms with van der Waals surface area (Å²) in [6.45, 7) is 2.23. The van der Waals surface area contributed by atoms with E-state index in [1.54, 1.807) is 11.3 Å². The summed E-state index contributed by atoms with van der Waals surface area (Å²) in [5.41, 5.74) is 7.89. The van der Waals surface area contributed by atoms with Gasteiger partial charge in [-0.05, 0) is 43.2 Å². The maximum Gasteiger partial charge on any atom is 0.125 e. The molecule has 0 amide bonds. The fraction of sp³-hybridized carbons (Fsp3) is 0.312. The summed E-state index contributed by atoms with van der Waals surface area (Å²) in [6.07, 6.45) is 4.63. The van der Waals surface area contributed by atoms with Crippen LogP contribution in [0.4, 0.5) is 5.69 Å². The smallest absolute Gasteiger partial charge is 0.125 e. The van der Waals surface area contributed by atoms with E-state index in [4.69, 9.17) is 10.8 Å². The van der Waals surface area contributed by atoms with Crippen molar-refractivity contribution in [1.29, 1.82) is 0 Å². The molecule has 2 heterocycles. The summed E-state index contributed by atoms with van der Waals surface area (Å²) in [5, 5.41) is 6.00. The highest BCUT2D eigenvalue weighted by Crippen LogP contribution is 2.41. The first-order valence-corrected chi connectivity index (χ1v) is 7.87. The molecule has 20 heavy (non-hydrogen) atoms. The molecule has 3 aromatic rings. The van der Waals surface area contributed by atoms with E-state index in [0.29, 0.717) is 6.04 Å². The Morgan fingerprint density at radius 3 is 2.90 bits per heavy atom. The normalized spacial score (nSPS) is 16.6. The van der Waals surface area contributed by atoms with Crippen molar-refractivity contribution >= 4 is 27.1 Å². The highest BCUT2D eigenvalue weighted by atomic mass is 32.1. The standard InChI is InChI=1S/C16H17N3S/c1-10(11-6-7-11)19-9-13(17)16(18-19)15-8-12-4-2-3-5-14(12)20-15/h2-5,8-11H,6-7,17H2,1H3. The van der Waals surface area contributed by atoms with Gasteiger partial charge in [-0.25, -0.2) is 0 Å². The third kappa shape index (κ3) is 1.91. The molecule has 1 aliphatic rings. The summed E-state index contributed by atoms with van der Waals surface area (Å²) in [5.74, 6) is 0.782. The van der Waals surface area contributed by atoms with Crippen LogP contribution < -0.4 is 5.73 Å². The van der Waals surface area contributed by atoms with Gasteiger partial charge < -0.3 is 5.73 Å². The van der Waals surface area contributed by atoms with E-state index in [1.807, 2.05) is 10.9 Å². The minimum Gasteiger partial charge on any atom is -0.396 e. The molecule has 1 atom stereocenters. The molecule has 1 aliphatic carbocycles. The predicted molar refractivity (Wildman–Crippen MR) is 84.9 cm³/mol. The largest absolute Gasteiger partial charge is 0.396 e. The van der Waals surface area contributed by atoms with Crippen molar-refractivity contribution in [3.05, 3.63) is 36.5 Å². The third-order valence-electron chi connectivity index (χ3n) is 4.14. The van der Waals surface area contributed by atoms with Crippen molar-refractivity contribution in [1.82, 2.24) is 9.78 Å². The van der Waals surface area contributed by atoms with E-state index in [9.17, 15) is 0 Å². The Balaban J connectivity index is 1.77. The van der Waals surface area contributed by atoms with Gasteiger partial charge in [-0.1, -0.05) is 18.2 Å². The molecule has 1 fully saturated rings. The first-order chi connectivity index (χ1) is 9.72. The molecule has 4 heteroatoms. The number of anilines is 1. The first kappa shape index (κ1) is 12.0. The SMILES string of the molecule is CC(C1CC1)n1cc(N)c(-c2cc3ccccc3s2)n1. The fourth-order valence-electron chi connectivity index (χ4n) is 2.70. The Hall–Kier alpha value is -1.81. The Bertz CT molecular complexity index is 734. The molecule has 0 bridgehead atoms. The van der Waals surface area contributed by atoms with Crippen molar-refractivity contribution < 1.29 is 0 Å². The molecule has 1 aromatic carbocycles. The van der Waals surface area contributed by atoms with Crippen LogP contribution in [0.2, 0.25) is 0 Å². The summed E-state index contributed by atoms with van der Waals surface area (Å²) in [6, 6.07) is 11.1. The maximum atomic E-state index is 6.18. The van der Waals surface area contributed by atoms with E-state index in [2.05, 4.69) is 37.3 Å². The second-order valence-electron chi connectivity index (χ2n) is 5.64. The molecular formula is C16H17N3S. The van der Waals surface area contributed by atoms with Gasteiger partial charge in [0.25, 0.3) is 0 Å². The molecule has 102 valence electrons. The average Bonchev–Trinajstić information content (AvgIpc) is 3.09. The molecule has 0 saturated heterocycles. The molecule has 0 spiro atoms. The number of thiophene rings is 1. The zero-order valence-electron chi connectivity index (χ0n) is 11.4. The minimum absolute atomic E-state index is 0.459. The van der Waals surface area contributed by atoms with Crippen LogP contribution in [0.5, 0.6) is 0 Å². The number of benzene rings is 1. The quantitative estimate of drug-likeness (QED) is 0.778. The van der Waals surface area contributed by atoms with Gasteiger partial charge in [-0.2, -0.15) is 5.10 Å². The number of rotatable bonds is 3. The Labute approximate surface area is 122 Å². The number of nitrogens with zero attached hydrogens (tertiary/aromatic N) is 2. The van der Waals surface area contributed by atoms with E-state index >= 15 is 0 Å².